The van der Waals surface area contributed by atoms with Crippen molar-refractivity contribution in [3.05, 3.63) is 29.8 Å². The molecule has 248 valence electrons. The maximum Gasteiger partial charge on any atom is 0.257 e. The molecule has 0 aliphatic heterocycles. The number of amides is 2. The Morgan fingerprint density at radius 3 is 1.05 bits per heavy atom. The van der Waals surface area contributed by atoms with Crippen molar-refractivity contribution in [2.24, 2.45) is 0 Å². The first-order chi connectivity index (χ1) is 21.1. The standard InChI is InChI=1S/C39H69NO3/c1-2-3-4-5-6-7-8-9-10-11-12-13-14-15-16-17-18-19-20-21-22-23-24-25-26-27-28-29-30-31-38(42)40-39(43)36-32-34-37(41)35-33-36/h32-35,41H,2-31H2,1H3,(H,40,42,43). The summed E-state index contributed by atoms with van der Waals surface area (Å²) in [5.74, 6) is -0.516. The first-order valence-corrected chi connectivity index (χ1v) is 18.8. The van der Waals surface area contributed by atoms with E-state index in [9.17, 15) is 14.7 Å². The number of imide groups is 1. The zero-order valence-electron chi connectivity index (χ0n) is 28.3. The van der Waals surface area contributed by atoms with E-state index in [1.54, 1.807) is 0 Å². The summed E-state index contributed by atoms with van der Waals surface area (Å²) < 4.78 is 0. The van der Waals surface area contributed by atoms with E-state index in [4.69, 9.17) is 0 Å². The largest absolute Gasteiger partial charge is 0.508 e. The van der Waals surface area contributed by atoms with Crippen molar-refractivity contribution in [3.63, 3.8) is 0 Å². The molecule has 0 aliphatic carbocycles. The van der Waals surface area contributed by atoms with E-state index in [2.05, 4.69) is 12.2 Å². The van der Waals surface area contributed by atoms with Gasteiger partial charge in [-0.15, -0.1) is 0 Å². The molecule has 0 atom stereocenters. The number of rotatable bonds is 31. The van der Waals surface area contributed by atoms with E-state index in [-0.39, 0.29) is 11.7 Å². The molecule has 4 nitrogen and oxygen atoms in total. The average molecular weight is 600 g/mol. The van der Waals surface area contributed by atoms with Gasteiger partial charge in [0.1, 0.15) is 5.75 Å². The molecule has 1 aromatic carbocycles. The summed E-state index contributed by atoms with van der Waals surface area (Å²) in [4.78, 5) is 24.0. The van der Waals surface area contributed by atoms with E-state index >= 15 is 0 Å². The van der Waals surface area contributed by atoms with Gasteiger partial charge in [0.2, 0.25) is 5.91 Å². The monoisotopic (exact) mass is 600 g/mol. The Kier molecular flexibility index (Phi) is 27.5. The molecule has 0 radical (unpaired) electrons. The van der Waals surface area contributed by atoms with Crippen LogP contribution in [0.4, 0.5) is 0 Å². The molecule has 0 saturated carbocycles. The minimum absolute atomic E-state index is 0.105. The van der Waals surface area contributed by atoms with Crippen LogP contribution in [0.25, 0.3) is 0 Å². The van der Waals surface area contributed by atoms with Gasteiger partial charge in [0.25, 0.3) is 5.91 Å². The third-order valence-electron chi connectivity index (χ3n) is 8.89. The molecule has 0 bridgehead atoms. The summed E-state index contributed by atoms with van der Waals surface area (Å²) in [6.45, 7) is 2.30. The molecule has 0 unspecified atom stereocenters. The molecule has 0 fully saturated rings. The van der Waals surface area contributed by atoms with Crippen molar-refractivity contribution in [1.29, 1.82) is 0 Å². The fraction of sp³-hybridized carbons (Fsp3) is 0.795. The Morgan fingerprint density at radius 1 is 0.465 bits per heavy atom. The lowest BCUT2D eigenvalue weighted by atomic mass is 10.0. The number of phenolic OH excluding ortho intramolecular Hbond substituents is 1. The van der Waals surface area contributed by atoms with Crippen molar-refractivity contribution < 1.29 is 14.7 Å². The molecule has 0 spiro atoms. The van der Waals surface area contributed by atoms with Crippen molar-refractivity contribution in [2.75, 3.05) is 0 Å². The first-order valence-electron chi connectivity index (χ1n) is 18.8. The number of carbonyl (C=O) groups is 2. The molecule has 43 heavy (non-hydrogen) atoms. The smallest absolute Gasteiger partial charge is 0.257 e. The van der Waals surface area contributed by atoms with Crippen LogP contribution in [0.2, 0.25) is 0 Å². The molecular formula is C39H69NO3. The van der Waals surface area contributed by atoms with Crippen molar-refractivity contribution in [2.45, 2.75) is 200 Å². The van der Waals surface area contributed by atoms with Crippen LogP contribution in [-0.4, -0.2) is 16.9 Å². The van der Waals surface area contributed by atoms with E-state index in [1.807, 2.05) is 0 Å². The van der Waals surface area contributed by atoms with Crippen LogP contribution >= 0.6 is 0 Å². The lowest BCUT2D eigenvalue weighted by Crippen LogP contribution is -2.30. The number of phenols is 1. The van der Waals surface area contributed by atoms with Crippen LogP contribution in [0, 0.1) is 0 Å². The minimum Gasteiger partial charge on any atom is -0.508 e. The Bertz CT molecular complexity index is 760. The highest BCUT2D eigenvalue weighted by Crippen LogP contribution is 2.17. The van der Waals surface area contributed by atoms with Crippen molar-refractivity contribution in [1.82, 2.24) is 5.32 Å². The van der Waals surface area contributed by atoms with E-state index in [0.29, 0.717) is 12.0 Å². The zero-order valence-corrected chi connectivity index (χ0v) is 28.3. The zero-order chi connectivity index (χ0) is 31.1. The summed E-state index contributed by atoms with van der Waals surface area (Å²) in [6, 6.07) is 5.92. The number of hydrogen-bond donors (Lipinski definition) is 2. The van der Waals surface area contributed by atoms with Crippen LogP contribution in [0.5, 0.6) is 5.75 Å². The summed E-state index contributed by atoms with van der Waals surface area (Å²) in [5, 5.41) is 11.7. The van der Waals surface area contributed by atoms with Gasteiger partial charge in [0.05, 0.1) is 0 Å². The van der Waals surface area contributed by atoms with Gasteiger partial charge in [-0.05, 0) is 30.7 Å². The average Bonchev–Trinajstić information content (AvgIpc) is 3.00. The van der Waals surface area contributed by atoms with Gasteiger partial charge in [-0.2, -0.15) is 0 Å². The summed E-state index contributed by atoms with van der Waals surface area (Å²) in [7, 11) is 0. The molecule has 0 heterocycles. The van der Waals surface area contributed by atoms with Crippen LogP contribution in [0.15, 0.2) is 24.3 Å². The van der Waals surface area contributed by atoms with Gasteiger partial charge in [-0.3, -0.25) is 14.9 Å². The fourth-order valence-corrected chi connectivity index (χ4v) is 6.01. The summed E-state index contributed by atoms with van der Waals surface area (Å²) >= 11 is 0. The minimum atomic E-state index is -0.402. The van der Waals surface area contributed by atoms with Crippen molar-refractivity contribution >= 4 is 11.8 Å². The molecular weight excluding hydrogens is 530 g/mol. The van der Waals surface area contributed by atoms with Gasteiger partial charge >= 0.3 is 0 Å². The maximum atomic E-state index is 12.0. The molecule has 0 aliphatic rings. The van der Waals surface area contributed by atoms with E-state index < -0.39 is 5.91 Å². The summed E-state index contributed by atoms with van der Waals surface area (Å²) in [5.41, 5.74) is 0.386. The highest BCUT2D eigenvalue weighted by atomic mass is 16.3. The number of nitrogens with one attached hydrogen (secondary N) is 1. The first kappa shape index (κ1) is 39.2. The highest BCUT2D eigenvalue weighted by Gasteiger charge is 2.10. The van der Waals surface area contributed by atoms with Crippen LogP contribution in [0.1, 0.15) is 210 Å². The molecule has 1 aromatic rings. The molecule has 0 aromatic heterocycles. The topological polar surface area (TPSA) is 66.4 Å². The third kappa shape index (κ3) is 26.3. The Labute approximate surface area is 266 Å². The van der Waals surface area contributed by atoms with E-state index in [1.165, 1.54) is 198 Å². The van der Waals surface area contributed by atoms with Gasteiger partial charge in [0.15, 0.2) is 0 Å². The second-order valence-corrected chi connectivity index (χ2v) is 13.1. The number of aromatic hydroxyl groups is 1. The predicted octanol–water partition coefficient (Wildman–Crippen LogP) is 12.4. The lowest BCUT2D eigenvalue weighted by molar-refractivity contribution is -0.120. The van der Waals surface area contributed by atoms with Gasteiger partial charge in [-0.25, -0.2) is 0 Å². The maximum absolute atomic E-state index is 12.0. The molecule has 0 saturated heterocycles. The highest BCUT2D eigenvalue weighted by molar-refractivity contribution is 6.04. The Hall–Kier alpha value is -1.84. The van der Waals surface area contributed by atoms with E-state index in [0.717, 1.165) is 12.8 Å². The molecule has 4 heteroatoms. The third-order valence-corrected chi connectivity index (χ3v) is 8.89. The number of unbranched alkanes of at least 4 members (excludes halogenated alkanes) is 28. The van der Waals surface area contributed by atoms with Crippen LogP contribution < -0.4 is 5.32 Å². The SMILES string of the molecule is CCCCCCCCCCCCCCCCCCCCCCCCCCCCCCCC(=O)NC(=O)c1ccc(O)cc1. The van der Waals surface area contributed by atoms with Crippen LogP contribution in [0.3, 0.4) is 0 Å². The quantitative estimate of drug-likeness (QED) is 0.0834. The Balaban J connectivity index is 1.70. The van der Waals surface area contributed by atoms with Gasteiger partial charge in [0, 0.05) is 12.0 Å². The second kappa shape index (κ2) is 30.2. The second-order valence-electron chi connectivity index (χ2n) is 13.1. The normalized spacial score (nSPS) is 11.2. The summed E-state index contributed by atoms with van der Waals surface area (Å²) in [6.07, 6.45) is 40.4. The Morgan fingerprint density at radius 2 is 0.744 bits per heavy atom. The predicted molar refractivity (Wildman–Crippen MR) is 185 cm³/mol. The molecule has 2 N–H and O–H groups in total. The van der Waals surface area contributed by atoms with Gasteiger partial charge in [-0.1, -0.05) is 187 Å². The fourth-order valence-electron chi connectivity index (χ4n) is 6.01. The molecule has 2 amide bonds. The molecule has 1 rings (SSSR count). The lowest BCUT2D eigenvalue weighted by Gasteiger charge is -2.05. The number of hydrogen-bond acceptors (Lipinski definition) is 3. The van der Waals surface area contributed by atoms with Crippen LogP contribution in [-0.2, 0) is 4.79 Å². The van der Waals surface area contributed by atoms with Crippen molar-refractivity contribution in [3.8, 4) is 5.75 Å². The number of carbonyl (C=O) groups excluding carboxylic acids is 2. The van der Waals surface area contributed by atoms with Gasteiger partial charge < -0.3 is 5.11 Å². The number of benzene rings is 1.